The molecule has 2 rings (SSSR count). The number of methoxy groups -OCH3 is 1. The Morgan fingerprint density at radius 1 is 1.07 bits per heavy atom. The molecule has 1 amide bonds. The van der Waals surface area contributed by atoms with Crippen LogP contribution in [0.4, 0.5) is 5.69 Å². The summed E-state index contributed by atoms with van der Waals surface area (Å²) in [5.41, 5.74) is 2.42. The summed E-state index contributed by atoms with van der Waals surface area (Å²) in [6.07, 6.45) is 0.638. The lowest BCUT2D eigenvalue weighted by molar-refractivity contribution is -0.118. The molecule has 0 saturated carbocycles. The van der Waals surface area contributed by atoms with E-state index in [0.717, 1.165) is 11.1 Å². The molecular formula is C21H28N2O4S. The zero-order valence-electron chi connectivity index (χ0n) is 16.9. The number of rotatable bonds is 8. The van der Waals surface area contributed by atoms with Gasteiger partial charge in [0, 0.05) is 0 Å². The Morgan fingerprint density at radius 2 is 1.68 bits per heavy atom. The van der Waals surface area contributed by atoms with Crippen LogP contribution in [0.25, 0.3) is 0 Å². The highest BCUT2D eigenvalue weighted by Crippen LogP contribution is 2.26. The van der Waals surface area contributed by atoms with Crippen LogP contribution in [0.1, 0.15) is 31.4 Å². The molecule has 0 fully saturated rings. The first-order valence-electron chi connectivity index (χ1n) is 9.22. The SMILES string of the molecule is CC[C@H](C)[C@@H](NS(=O)(=O)c1ccc(C)cc1)C(=O)Nc1cc(C)ccc1OC. The smallest absolute Gasteiger partial charge is 0.242 e. The van der Waals surface area contributed by atoms with Crippen molar-refractivity contribution < 1.29 is 17.9 Å². The van der Waals surface area contributed by atoms with Crippen LogP contribution in [-0.4, -0.2) is 27.5 Å². The number of anilines is 1. The van der Waals surface area contributed by atoms with Crippen molar-refractivity contribution in [2.75, 3.05) is 12.4 Å². The number of sulfonamides is 1. The van der Waals surface area contributed by atoms with Crippen LogP contribution in [0, 0.1) is 19.8 Å². The fourth-order valence-corrected chi connectivity index (χ4v) is 4.05. The van der Waals surface area contributed by atoms with Crippen molar-refractivity contribution in [3.63, 3.8) is 0 Å². The minimum atomic E-state index is -3.83. The van der Waals surface area contributed by atoms with Gasteiger partial charge in [-0.25, -0.2) is 8.42 Å². The molecule has 6 nitrogen and oxygen atoms in total. The van der Waals surface area contributed by atoms with E-state index in [1.54, 1.807) is 24.3 Å². The van der Waals surface area contributed by atoms with Crippen molar-refractivity contribution in [3.8, 4) is 5.75 Å². The number of ether oxygens (including phenoxy) is 1. The van der Waals surface area contributed by atoms with E-state index in [1.165, 1.54) is 19.2 Å². The van der Waals surface area contributed by atoms with E-state index in [2.05, 4.69) is 10.0 Å². The zero-order valence-corrected chi connectivity index (χ0v) is 17.8. The predicted molar refractivity (Wildman–Crippen MR) is 111 cm³/mol. The molecule has 0 radical (unpaired) electrons. The monoisotopic (exact) mass is 404 g/mol. The normalized spacial score (nSPS) is 13.6. The molecule has 0 spiro atoms. The van der Waals surface area contributed by atoms with Gasteiger partial charge >= 0.3 is 0 Å². The first-order valence-corrected chi connectivity index (χ1v) is 10.7. The van der Waals surface area contributed by atoms with Crippen LogP contribution in [0.2, 0.25) is 0 Å². The Labute approximate surface area is 167 Å². The standard InChI is InChI=1S/C21H28N2O4S/c1-6-16(4)20(23-28(25,26)17-10-7-14(2)8-11-17)21(24)22-18-13-15(3)9-12-19(18)27-5/h7-13,16,20,23H,6H2,1-5H3,(H,22,24)/t16-,20+/m0/s1. The minimum Gasteiger partial charge on any atom is -0.495 e. The lowest BCUT2D eigenvalue weighted by Crippen LogP contribution is -2.47. The van der Waals surface area contributed by atoms with Gasteiger partial charge in [-0.2, -0.15) is 4.72 Å². The fraction of sp³-hybridized carbons (Fsp3) is 0.381. The lowest BCUT2D eigenvalue weighted by Gasteiger charge is -2.24. The third kappa shape index (κ3) is 5.33. The largest absolute Gasteiger partial charge is 0.495 e. The maximum Gasteiger partial charge on any atom is 0.242 e. The number of carbonyl (C=O) groups excluding carboxylic acids is 1. The molecule has 2 atom stereocenters. The average Bonchev–Trinajstić information content (AvgIpc) is 2.66. The number of nitrogens with one attached hydrogen (secondary N) is 2. The molecule has 7 heteroatoms. The van der Waals surface area contributed by atoms with Gasteiger partial charge < -0.3 is 10.1 Å². The Balaban J connectivity index is 2.29. The number of aryl methyl sites for hydroxylation is 2. The summed E-state index contributed by atoms with van der Waals surface area (Å²) in [5.74, 6) is -0.104. The van der Waals surface area contributed by atoms with E-state index in [0.29, 0.717) is 17.9 Å². The van der Waals surface area contributed by atoms with Crippen molar-refractivity contribution in [1.29, 1.82) is 0 Å². The molecule has 2 aromatic carbocycles. The van der Waals surface area contributed by atoms with E-state index >= 15 is 0 Å². The first kappa shape index (κ1) is 21.9. The Hall–Kier alpha value is -2.38. The number of hydrogen-bond donors (Lipinski definition) is 2. The number of hydrogen-bond acceptors (Lipinski definition) is 4. The third-order valence-corrected chi connectivity index (χ3v) is 6.18. The summed E-state index contributed by atoms with van der Waals surface area (Å²) < 4.78 is 33.5. The molecule has 2 N–H and O–H groups in total. The summed E-state index contributed by atoms with van der Waals surface area (Å²) in [5, 5.41) is 2.81. The summed E-state index contributed by atoms with van der Waals surface area (Å²) in [7, 11) is -2.31. The predicted octanol–water partition coefficient (Wildman–Crippen LogP) is 3.64. The second kappa shape index (κ2) is 9.21. The highest BCUT2D eigenvalue weighted by molar-refractivity contribution is 7.89. The molecular weight excluding hydrogens is 376 g/mol. The van der Waals surface area contributed by atoms with Crippen molar-refractivity contribution >= 4 is 21.6 Å². The summed E-state index contributed by atoms with van der Waals surface area (Å²) in [6, 6.07) is 11.0. The van der Waals surface area contributed by atoms with Crippen LogP contribution in [0.5, 0.6) is 5.75 Å². The summed E-state index contributed by atoms with van der Waals surface area (Å²) >= 11 is 0. The van der Waals surface area contributed by atoms with Gasteiger partial charge in [-0.1, -0.05) is 44.0 Å². The van der Waals surface area contributed by atoms with Gasteiger partial charge in [0.15, 0.2) is 0 Å². The van der Waals surface area contributed by atoms with Gasteiger partial charge in [0.1, 0.15) is 11.8 Å². The Bertz CT molecular complexity index is 924. The average molecular weight is 405 g/mol. The van der Waals surface area contributed by atoms with Crippen molar-refractivity contribution in [2.24, 2.45) is 5.92 Å². The van der Waals surface area contributed by atoms with Gasteiger partial charge in [-0.15, -0.1) is 0 Å². The fourth-order valence-electron chi connectivity index (χ4n) is 2.75. The Morgan fingerprint density at radius 3 is 2.25 bits per heavy atom. The molecule has 0 unspecified atom stereocenters. The topological polar surface area (TPSA) is 84.5 Å². The number of amides is 1. The highest BCUT2D eigenvalue weighted by atomic mass is 32.2. The summed E-state index contributed by atoms with van der Waals surface area (Å²) in [6.45, 7) is 7.55. The molecule has 0 aliphatic carbocycles. The van der Waals surface area contributed by atoms with Crippen LogP contribution in [0.15, 0.2) is 47.4 Å². The molecule has 0 bridgehead atoms. The molecule has 0 aliphatic rings. The number of carbonyl (C=O) groups is 1. The van der Waals surface area contributed by atoms with Gasteiger partial charge in [-0.3, -0.25) is 4.79 Å². The Kier molecular flexibility index (Phi) is 7.21. The first-order chi connectivity index (χ1) is 13.2. The van der Waals surface area contributed by atoms with Crippen molar-refractivity contribution in [2.45, 2.75) is 45.1 Å². The molecule has 2 aromatic rings. The molecule has 0 heterocycles. The van der Waals surface area contributed by atoms with Gasteiger partial charge in [0.25, 0.3) is 0 Å². The van der Waals surface area contributed by atoms with Crippen LogP contribution in [-0.2, 0) is 14.8 Å². The van der Waals surface area contributed by atoms with Gasteiger partial charge in [0.2, 0.25) is 15.9 Å². The maximum absolute atomic E-state index is 13.0. The molecule has 0 aliphatic heterocycles. The second-order valence-electron chi connectivity index (χ2n) is 6.99. The molecule has 152 valence electrons. The minimum absolute atomic E-state index is 0.132. The van der Waals surface area contributed by atoms with Gasteiger partial charge in [0.05, 0.1) is 17.7 Å². The van der Waals surface area contributed by atoms with E-state index in [4.69, 9.17) is 4.74 Å². The van der Waals surface area contributed by atoms with E-state index in [-0.39, 0.29) is 10.8 Å². The van der Waals surface area contributed by atoms with E-state index in [1.807, 2.05) is 33.8 Å². The molecule has 28 heavy (non-hydrogen) atoms. The van der Waals surface area contributed by atoms with Crippen LogP contribution in [0.3, 0.4) is 0 Å². The third-order valence-electron chi connectivity index (χ3n) is 4.72. The quantitative estimate of drug-likeness (QED) is 0.703. The van der Waals surface area contributed by atoms with Crippen LogP contribution >= 0.6 is 0 Å². The lowest BCUT2D eigenvalue weighted by atomic mass is 9.99. The zero-order chi connectivity index (χ0) is 20.9. The van der Waals surface area contributed by atoms with Gasteiger partial charge in [-0.05, 0) is 49.6 Å². The van der Waals surface area contributed by atoms with E-state index in [9.17, 15) is 13.2 Å². The highest BCUT2D eigenvalue weighted by Gasteiger charge is 2.30. The van der Waals surface area contributed by atoms with Crippen molar-refractivity contribution in [3.05, 3.63) is 53.6 Å². The second-order valence-corrected chi connectivity index (χ2v) is 8.70. The summed E-state index contributed by atoms with van der Waals surface area (Å²) in [4.78, 5) is 13.1. The molecule has 0 saturated heterocycles. The van der Waals surface area contributed by atoms with Crippen molar-refractivity contribution in [1.82, 2.24) is 4.72 Å². The van der Waals surface area contributed by atoms with E-state index < -0.39 is 22.0 Å². The number of benzene rings is 2. The molecule has 0 aromatic heterocycles. The van der Waals surface area contributed by atoms with Crippen LogP contribution < -0.4 is 14.8 Å². The maximum atomic E-state index is 13.0.